The first kappa shape index (κ1) is 13.5. The first-order valence-corrected chi connectivity index (χ1v) is 7.23. The van der Waals surface area contributed by atoms with Gasteiger partial charge in [0, 0.05) is 17.0 Å². The molecule has 0 unspecified atom stereocenters. The molecule has 1 amide bonds. The van der Waals surface area contributed by atoms with E-state index in [9.17, 15) is 4.79 Å². The van der Waals surface area contributed by atoms with Gasteiger partial charge in [0.1, 0.15) is 5.82 Å². The van der Waals surface area contributed by atoms with Crippen molar-refractivity contribution < 1.29 is 4.79 Å². The summed E-state index contributed by atoms with van der Waals surface area (Å²) in [7, 11) is 0. The summed E-state index contributed by atoms with van der Waals surface area (Å²) in [5.41, 5.74) is 5.63. The Kier molecular flexibility index (Phi) is 3.76. The van der Waals surface area contributed by atoms with E-state index in [4.69, 9.17) is 5.84 Å². The molecular formula is C14H13N5OS. The van der Waals surface area contributed by atoms with Crippen molar-refractivity contribution >= 4 is 33.8 Å². The molecule has 106 valence electrons. The highest BCUT2D eigenvalue weighted by atomic mass is 32.1. The minimum absolute atomic E-state index is 0.185. The summed E-state index contributed by atoms with van der Waals surface area (Å²) in [5, 5.41) is 6.35. The molecule has 21 heavy (non-hydrogen) atoms. The number of benzene rings is 1. The number of amides is 1. The Hall–Kier alpha value is -2.51. The third-order valence-electron chi connectivity index (χ3n) is 3.09. The molecule has 7 heteroatoms. The Morgan fingerprint density at radius 1 is 1.24 bits per heavy atom. The van der Waals surface area contributed by atoms with Crippen LogP contribution in [0, 0.1) is 0 Å². The number of hydrogen-bond acceptors (Lipinski definition) is 6. The summed E-state index contributed by atoms with van der Waals surface area (Å²) in [5.74, 6) is 5.80. The fourth-order valence-corrected chi connectivity index (χ4v) is 2.64. The van der Waals surface area contributed by atoms with Crippen molar-refractivity contribution in [1.29, 1.82) is 0 Å². The van der Waals surface area contributed by atoms with Crippen LogP contribution in [-0.2, 0) is 6.54 Å². The molecule has 0 radical (unpaired) electrons. The molecule has 1 aromatic carbocycles. The number of carbonyl (C=O) groups excluding carboxylic acids is 1. The van der Waals surface area contributed by atoms with E-state index >= 15 is 0 Å². The number of hydrogen-bond donors (Lipinski definition) is 3. The monoisotopic (exact) mass is 299 g/mol. The average molecular weight is 299 g/mol. The van der Waals surface area contributed by atoms with Crippen LogP contribution in [0.2, 0.25) is 0 Å². The summed E-state index contributed by atoms with van der Waals surface area (Å²) in [6.07, 6.45) is 1.52. The minimum atomic E-state index is -0.185. The Labute approximate surface area is 125 Å². The van der Waals surface area contributed by atoms with Gasteiger partial charge in [-0.3, -0.25) is 4.79 Å². The maximum Gasteiger partial charge on any atom is 0.253 e. The summed E-state index contributed by atoms with van der Waals surface area (Å²) >= 11 is 1.50. The summed E-state index contributed by atoms with van der Waals surface area (Å²) in [4.78, 5) is 20.6. The molecule has 0 atom stereocenters. The van der Waals surface area contributed by atoms with Crippen molar-refractivity contribution in [3.63, 3.8) is 0 Å². The lowest BCUT2D eigenvalue weighted by Crippen LogP contribution is -2.23. The number of anilines is 1. The highest BCUT2D eigenvalue weighted by Gasteiger charge is 2.13. The normalized spacial score (nSPS) is 10.5. The van der Waals surface area contributed by atoms with Crippen molar-refractivity contribution in [2.45, 2.75) is 6.54 Å². The molecule has 0 saturated heterocycles. The third kappa shape index (κ3) is 2.69. The van der Waals surface area contributed by atoms with Crippen molar-refractivity contribution in [3.8, 4) is 0 Å². The second kappa shape index (κ2) is 5.86. The van der Waals surface area contributed by atoms with Gasteiger partial charge in [-0.1, -0.05) is 24.3 Å². The predicted molar refractivity (Wildman–Crippen MR) is 82.8 cm³/mol. The van der Waals surface area contributed by atoms with Crippen LogP contribution < -0.4 is 16.6 Å². The molecule has 0 saturated carbocycles. The maximum absolute atomic E-state index is 12.3. The predicted octanol–water partition coefficient (Wildman–Crippen LogP) is 1.91. The molecule has 0 spiro atoms. The molecule has 0 aliphatic carbocycles. The van der Waals surface area contributed by atoms with Gasteiger partial charge in [-0.05, 0) is 5.39 Å². The van der Waals surface area contributed by atoms with E-state index in [1.54, 1.807) is 5.51 Å². The number of nitrogens with one attached hydrogen (secondary N) is 2. The van der Waals surface area contributed by atoms with Crippen LogP contribution in [0.25, 0.3) is 10.8 Å². The van der Waals surface area contributed by atoms with Gasteiger partial charge in [-0.25, -0.2) is 15.8 Å². The molecule has 0 fully saturated rings. The minimum Gasteiger partial charge on any atom is -0.346 e. The van der Waals surface area contributed by atoms with E-state index in [1.165, 1.54) is 17.5 Å². The SMILES string of the molecule is NNc1ncc(C(=O)NCc2cscn2)c2ccccc12. The smallest absolute Gasteiger partial charge is 0.253 e. The van der Waals surface area contributed by atoms with E-state index in [0.29, 0.717) is 17.9 Å². The van der Waals surface area contributed by atoms with E-state index in [1.807, 2.05) is 29.6 Å². The molecule has 2 heterocycles. The van der Waals surface area contributed by atoms with Gasteiger partial charge in [0.2, 0.25) is 0 Å². The summed E-state index contributed by atoms with van der Waals surface area (Å²) in [6.45, 7) is 0.396. The Bertz CT molecular complexity index is 772. The third-order valence-corrected chi connectivity index (χ3v) is 3.73. The summed E-state index contributed by atoms with van der Waals surface area (Å²) in [6, 6.07) is 7.49. The van der Waals surface area contributed by atoms with E-state index < -0.39 is 0 Å². The molecule has 3 rings (SSSR count). The highest BCUT2D eigenvalue weighted by Crippen LogP contribution is 2.23. The second-order valence-electron chi connectivity index (χ2n) is 4.37. The molecular weight excluding hydrogens is 286 g/mol. The quantitative estimate of drug-likeness (QED) is 0.505. The van der Waals surface area contributed by atoms with Crippen LogP contribution in [0.1, 0.15) is 16.1 Å². The first-order chi connectivity index (χ1) is 10.3. The number of nitrogens with zero attached hydrogens (tertiary/aromatic N) is 2. The van der Waals surface area contributed by atoms with Crippen LogP contribution >= 0.6 is 11.3 Å². The lowest BCUT2D eigenvalue weighted by Gasteiger charge is -2.09. The lowest BCUT2D eigenvalue weighted by atomic mass is 10.1. The molecule has 3 aromatic rings. The zero-order valence-electron chi connectivity index (χ0n) is 11.0. The van der Waals surface area contributed by atoms with E-state index in [2.05, 4.69) is 20.7 Å². The number of hydrazine groups is 1. The number of nitrogens with two attached hydrogens (primary N) is 1. The van der Waals surface area contributed by atoms with Crippen LogP contribution in [0.3, 0.4) is 0 Å². The van der Waals surface area contributed by atoms with Crippen LogP contribution in [-0.4, -0.2) is 15.9 Å². The van der Waals surface area contributed by atoms with E-state index in [0.717, 1.165) is 16.5 Å². The Balaban J connectivity index is 1.91. The van der Waals surface area contributed by atoms with Crippen molar-refractivity contribution in [2.75, 3.05) is 5.43 Å². The zero-order valence-corrected chi connectivity index (χ0v) is 11.9. The average Bonchev–Trinajstić information content (AvgIpc) is 3.05. The van der Waals surface area contributed by atoms with Crippen molar-refractivity contribution in [1.82, 2.24) is 15.3 Å². The molecule has 0 aliphatic rings. The number of nitrogen functional groups attached to an aromatic ring is 1. The number of fused-ring (bicyclic) bond motifs is 1. The Morgan fingerprint density at radius 3 is 2.76 bits per heavy atom. The molecule has 0 aliphatic heterocycles. The van der Waals surface area contributed by atoms with Crippen LogP contribution in [0.5, 0.6) is 0 Å². The van der Waals surface area contributed by atoms with Crippen LogP contribution in [0.15, 0.2) is 41.4 Å². The number of rotatable bonds is 4. The van der Waals surface area contributed by atoms with Crippen LogP contribution in [0.4, 0.5) is 5.82 Å². The van der Waals surface area contributed by atoms with Gasteiger partial charge < -0.3 is 10.7 Å². The lowest BCUT2D eigenvalue weighted by molar-refractivity contribution is 0.0952. The molecule has 2 aromatic heterocycles. The van der Waals surface area contributed by atoms with E-state index in [-0.39, 0.29) is 5.91 Å². The standard InChI is InChI=1S/C14H13N5OS/c15-19-13-11-4-2-1-3-10(11)12(6-16-13)14(20)17-5-9-7-21-8-18-9/h1-4,6-8H,5,15H2,(H,16,19)(H,17,20). The fraction of sp³-hybridized carbons (Fsp3) is 0.0714. The van der Waals surface area contributed by atoms with Gasteiger partial charge in [0.15, 0.2) is 0 Å². The number of thiazole rings is 1. The largest absolute Gasteiger partial charge is 0.346 e. The first-order valence-electron chi connectivity index (χ1n) is 6.29. The van der Waals surface area contributed by atoms with Gasteiger partial charge in [-0.15, -0.1) is 11.3 Å². The summed E-state index contributed by atoms with van der Waals surface area (Å²) < 4.78 is 0. The number of carbonyl (C=O) groups is 1. The van der Waals surface area contributed by atoms with Crippen molar-refractivity contribution in [3.05, 3.63) is 52.6 Å². The van der Waals surface area contributed by atoms with Gasteiger partial charge in [0.05, 0.1) is 23.3 Å². The highest BCUT2D eigenvalue weighted by molar-refractivity contribution is 7.07. The number of pyridine rings is 1. The molecule has 0 bridgehead atoms. The maximum atomic E-state index is 12.3. The molecule has 6 nitrogen and oxygen atoms in total. The number of aromatic nitrogens is 2. The van der Waals surface area contributed by atoms with Gasteiger partial charge in [-0.2, -0.15) is 0 Å². The second-order valence-corrected chi connectivity index (χ2v) is 5.09. The Morgan fingerprint density at radius 2 is 2.05 bits per heavy atom. The van der Waals surface area contributed by atoms with Crippen molar-refractivity contribution in [2.24, 2.45) is 5.84 Å². The van der Waals surface area contributed by atoms with Gasteiger partial charge in [0.25, 0.3) is 5.91 Å². The van der Waals surface area contributed by atoms with Gasteiger partial charge >= 0.3 is 0 Å². The fourth-order valence-electron chi connectivity index (χ4n) is 2.08. The molecule has 4 N–H and O–H groups in total. The zero-order chi connectivity index (χ0) is 14.7. The topological polar surface area (TPSA) is 92.9 Å².